The molecule has 0 amide bonds. The van der Waals surface area contributed by atoms with Crippen LogP contribution in [-0.4, -0.2) is 45.9 Å². The van der Waals surface area contributed by atoms with E-state index in [2.05, 4.69) is 5.32 Å². The van der Waals surface area contributed by atoms with E-state index in [0.717, 1.165) is 24.5 Å². The summed E-state index contributed by atoms with van der Waals surface area (Å²) in [6.07, 6.45) is 2.40. The molecule has 1 aliphatic rings. The molecular weight excluding hydrogens is 252 g/mol. The van der Waals surface area contributed by atoms with Crippen LogP contribution in [0.4, 0.5) is 0 Å². The third-order valence-electron chi connectivity index (χ3n) is 3.73. The highest BCUT2D eigenvalue weighted by atomic mass is 16.5. The average molecular weight is 280 g/mol. The first-order valence-corrected chi connectivity index (χ1v) is 7.89. The maximum atomic E-state index is 5.76. The number of ether oxygens (including phenoxy) is 2. The van der Waals surface area contributed by atoms with Gasteiger partial charge in [0.05, 0.1) is 19.8 Å². The van der Waals surface area contributed by atoms with Gasteiger partial charge in [0.25, 0.3) is 0 Å². The molecule has 3 N–H and O–H groups in total. The molecule has 1 aromatic rings. The van der Waals surface area contributed by atoms with Crippen LogP contribution < -0.4 is 19.7 Å². The predicted octanol–water partition coefficient (Wildman–Crippen LogP) is -0.294. The van der Waals surface area contributed by atoms with Crippen LogP contribution in [0.2, 0.25) is 0 Å². The molecule has 0 bridgehead atoms. The van der Waals surface area contributed by atoms with Crippen molar-refractivity contribution in [1.29, 1.82) is 0 Å². The van der Waals surface area contributed by atoms with Crippen LogP contribution in [0.15, 0.2) is 24.3 Å². The Morgan fingerprint density at radius 1 is 1.00 bits per heavy atom. The monoisotopic (exact) mass is 280 g/mol. The zero-order valence-electron chi connectivity index (χ0n) is 12.6. The predicted molar refractivity (Wildman–Crippen MR) is 79.6 cm³/mol. The second-order valence-corrected chi connectivity index (χ2v) is 5.33. The van der Waals surface area contributed by atoms with Gasteiger partial charge in [0.1, 0.15) is 37.7 Å². The largest absolute Gasteiger partial charge is 0.494 e. The van der Waals surface area contributed by atoms with E-state index in [4.69, 9.17) is 9.47 Å². The fraction of sp³-hybridized carbons (Fsp3) is 0.625. The van der Waals surface area contributed by atoms with Crippen LogP contribution in [0, 0.1) is 0 Å². The normalized spacial score (nSPS) is 16.1. The number of nitrogens with two attached hydrogens (primary N) is 1. The van der Waals surface area contributed by atoms with Gasteiger partial charge in [-0.1, -0.05) is 0 Å². The van der Waals surface area contributed by atoms with Crippen LogP contribution in [0.3, 0.4) is 0 Å². The molecular formula is C16H28N2O2+2. The molecule has 20 heavy (non-hydrogen) atoms. The summed E-state index contributed by atoms with van der Waals surface area (Å²) in [7, 11) is 0. The lowest BCUT2D eigenvalue weighted by atomic mass is 10.2. The van der Waals surface area contributed by atoms with Crippen molar-refractivity contribution < 1.29 is 19.7 Å². The Morgan fingerprint density at radius 3 is 2.30 bits per heavy atom. The quantitative estimate of drug-likeness (QED) is 0.642. The third-order valence-corrected chi connectivity index (χ3v) is 3.73. The Balaban J connectivity index is 1.56. The van der Waals surface area contributed by atoms with Gasteiger partial charge in [0.15, 0.2) is 0 Å². The van der Waals surface area contributed by atoms with E-state index in [1.807, 2.05) is 31.2 Å². The van der Waals surface area contributed by atoms with Crippen LogP contribution in [0.1, 0.15) is 19.8 Å². The molecule has 1 fully saturated rings. The summed E-state index contributed by atoms with van der Waals surface area (Å²) in [6, 6.07) is 7.90. The summed E-state index contributed by atoms with van der Waals surface area (Å²) in [5.74, 6) is 1.85. The maximum Gasteiger partial charge on any atom is 0.127 e. The number of unbranched alkanes of at least 4 members (excludes halogenated alkanes) is 1. The molecule has 4 nitrogen and oxygen atoms in total. The molecule has 1 aromatic carbocycles. The molecule has 0 saturated carbocycles. The number of hydrogen-bond acceptors (Lipinski definition) is 2. The van der Waals surface area contributed by atoms with Crippen molar-refractivity contribution in [1.82, 2.24) is 0 Å². The smallest absolute Gasteiger partial charge is 0.127 e. The molecule has 0 aliphatic carbocycles. The third kappa shape index (κ3) is 5.39. The Labute approximate surface area is 122 Å². The molecule has 0 aromatic heterocycles. The number of benzene rings is 1. The number of piperazine rings is 1. The fourth-order valence-corrected chi connectivity index (χ4v) is 2.60. The lowest BCUT2D eigenvalue weighted by Crippen LogP contribution is -3.20. The fourth-order valence-electron chi connectivity index (χ4n) is 2.60. The van der Waals surface area contributed by atoms with E-state index in [9.17, 15) is 0 Å². The van der Waals surface area contributed by atoms with E-state index in [-0.39, 0.29) is 0 Å². The van der Waals surface area contributed by atoms with Crippen LogP contribution in [0.5, 0.6) is 11.5 Å². The van der Waals surface area contributed by atoms with Gasteiger partial charge >= 0.3 is 0 Å². The summed E-state index contributed by atoms with van der Waals surface area (Å²) in [5.41, 5.74) is 0. The van der Waals surface area contributed by atoms with Crippen molar-refractivity contribution in [2.75, 3.05) is 45.9 Å². The van der Waals surface area contributed by atoms with Crippen molar-refractivity contribution in [3.05, 3.63) is 24.3 Å². The SMILES string of the molecule is CCOc1ccc(OCCCC[NH+]2CC[NH2+]CC2)cc1. The topological polar surface area (TPSA) is 39.5 Å². The minimum atomic E-state index is 0.705. The first-order chi connectivity index (χ1) is 9.88. The molecule has 1 heterocycles. The second kappa shape index (κ2) is 8.82. The lowest BCUT2D eigenvalue weighted by molar-refractivity contribution is -0.946. The van der Waals surface area contributed by atoms with Crippen molar-refractivity contribution in [2.24, 2.45) is 0 Å². The van der Waals surface area contributed by atoms with Gasteiger partial charge in [0, 0.05) is 0 Å². The standard InChI is InChI=1S/C16H26N2O2/c1-2-19-15-5-7-16(8-6-15)20-14-4-3-11-18-12-9-17-10-13-18/h5-8,17H,2-4,9-14H2,1H3/p+2. The molecule has 1 saturated heterocycles. The van der Waals surface area contributed by atoms with E-state index < -0.39 is 0 Å². The highest BCUT2D eigenvalue weighted by molar-refractivity contribution is 5.31. The van der Waals surface area contributed by atoms with Crippen molar-refractivity contribution in [3.63, 3.8) is 0 Å². The van der Waals surface area contributed by atoms with Gasteiger partial charge in [-0.25, -0.2) is 0 Å². The van der Waals surface area contributed by atoms with Gasteiger partial charge in [0.2, 0.25) is 0 Å². The van der Waals surface area contributed by atoms with Crippen molar-refractivity contribution in [2.45, 2.75) is 19.8 Å². The Bertz CT molecular complexity index is 361. The number of quaternary nitrogens is 2. The van der Waals surface area contributed by atoms with E-state index in [1.165, 1.54) is 39.1 Å². The molecule has 0 atom stereocenters. The summed E-state index contributed by atoms with van der Waals surface area (Å²) in [6.45, 7) is 10.0. The molecule has 4 heteroatoms. The van der Waals surface area contributed by atoms with E-state index in [0.29, 0.717) is 6.61 Å². The highest BCUT2D eigenvalue weighted by Gasteiger charge is 2.14. The van der Waals surface area contributed by atoms with E-state index in [1.54, 1.807) is 4.90 Å². The second-order valence-electron chi connectivity index (χ2n) is 5.33. The van der Waals surface area contributed by atoms with Gasteiger partial charge in [-0.15, -0.1) is 0 Å². The van der Waals surface area contributed by atoms with Gasteiger partial charge in [-0.05, 0) is 44.0 Å². The highest BCUT2D eigenvalue weighted by Crippen LogP contribution is 2.17. The first kappa shape index (κ1) is 15.1. The molecule has 2 rings (SSSR count). The summed E-state index contributed by atoms with van der Waals surface area (Å²) >= 11 is 0. The molecule has 0 radical (unpaired) electrons. The molecule has 1 aliphatic heterocycles. The average Bonchev–Trinajstić information content (AvgIpc) is 2.50. The summed E-state index contributed by atoms with van der Waals surface area (Å²) in [4.78, 5) is 1.76. The minimum absolute atomic E-state index is 0.705. The molecule has 0 spiro atoms. The van der Waals surface area contributed by atoms with Gasteiger partial charge in [-0.3, -0.25) is 0 Å². The Morgan fingerprint density at radius 2 is 1.65 bits per heavy atom. The van der Waals surface area contributed by atoms with Gasteiger partial charge < -0.3 is 19.7 Å². The maximum absolute atomic E-state index is 5.76. The Hall–Kier alpha value is -1.26. The Kier molecular flexibility index (Phi) is 6.68. The van der Waals surface area contributed by atoms with Crippen molar-refractivity contribution >= 4 is 0 Å². The number of hydrogen-bond donors (Lipinski definition) is 2. The van der Waals surface area contributed by atoms with Gasteiger partial charge in [-0.2, -0.15) is 0 Å². The lowest BCUT2D eigenvalue weighted by Gasteiger charge is -2.21. The summed E-state index contributed by atoms with van der Waals surface area (Å²) < 4.78 is 11.2. The first-order valence-electron chi connectivity index (χ1n) is 7.89. The van der Waals surface area contributed by atoms with Crippen molar-refractivity contribution in [3.8, 4) is 11.5 Å². The van der Waals surface area contributed by atoms with Crippen LogP contribution >= 0.6 is 0 Å². The minimum Gasteiger partial charge on any atom is -0.494 e. The number of nitrogens with one attached hydrogen (secondary N) is 1. The summed E-state index contributed by atoms with van der Waals surface area (Å²) in [5, 5.41) is 2.42. The van der Waals surface area contributed by atoms with E-state index >= 15 is 0 Å². The zero-order valence-corrected chi connectivity index (χ0v) is 12.6. The number of rotatable bonds is 8. The molecule has 0 unspecified atom stereocenters. The zero-order chi connectivity index (χ0) is 14.0. The van der Waals surface area contributed by atoms with Crippen LogP contribution in [0.25, 0.3) is 0 Å². The molecule has 112 valence electrons. The van der Waals surface area contributed by atoms with Crippen LogP contribution in [-0.2, 0) is 0 Å².